The first kappa shape index (κ1) is 22.0. The van der Waals surface area contributed by atoms with Crippen LogP contribution in [0.5, 0.6) is 0 Å². The zero-order valence-corrected chi connectivity index (χ0v) is 18.8. The number of carbonyl (C=O) groups is 1. The van der Waals surface area contributed by atoms with Crippen molar-refractivity contribution in [2.75, 3.05) is 13.1 Å². The number of likely N-dealkylation sites (tertiary alicyclic amines) is 1. The first-order valence-electron chi connectivity index (χ1n) is 10.7. The molecule has 1 fully saturated rings. The molecule has 5 rings (SSSR count). The molecule has 3 aromatic heterocycles. The molecule has 1 aliphatic rings. The average Bonchev–Trinajstić information content (AvgIpc) is 3.47. The molecule has 1 aliphatic heterocycles. The number of benzene rings is 1. The summed E-state index contributed by atoms with van der Waals surface area (Å²) < 4.78 is 1.60. The van der Waals surface area contributed by atoms with Gasteiger partial charge in [0.2, 0.25) is 5.91 Å². The van der Waals surface area contributed by atoms with E-state index >= 15 is 0 Å². The lowest BCUT2D eigenvalue weighted by Crippen LogP contribution is -2.39. The lowest BCUT2D eigenvalue weighted by atomic mass is 9.89. The van der Waals surface area contributed by atoms with Crippen LogP contribution in [0.25, 0.3) is 22.0 Å². The summed E-state index contributed by atoms with van der Waals surface area (Å²) in [4.78, 5) is 22.8. The molecule has 1 aromatic carbocycles. The van der Waals surface area contributed by atoms with Crippen LogP contribution in [-0.4, -0.2) is 54.1 Å². The van der Waals surface area contributed by atoms with Gasteiger partial charge in [-0.2, -0.15) is 0 Å². The Hall–Kier alpha value is -3.26. The quantitative estimate of drug-likeness (QED) is 0.499. The van der Waals surface area contributed by atoms with Crippen molar-refractivity contribution in [3.05, 3.63) is 60.3 Å². The molecule has 4 heterocycles. The molecule has 32 heavy (non-hydrogen) atoms. The Morgan fingerprint density at radius 2 is 2.06 bits per heavy atom. The number of aromatic nitrogens is 6. The van der Waals surface area contributed by atoms with Crippen LogP contribution in [-0.2, 0) is 11.3 Å². The second-order valence-corrected chi connectivity index (χ2v) is 8.15. The van der Waals surface area contributed by atoms with Crippen molar-refractivity contribution < 1.29 is 4.79 Å². The van der Waals surface area contributed by atoms with E-state index < -0.39 is 0 Å². The third-order valence-electron chi connectivity index (χ3n) is 6.17. The number of amides is 1. The SMILES string of the molecule is Cc1cccc2c(-c3ccncc3)c(C3CCCN(C(=O)CCn4cnnn4)C3)[nH]c12.Cl. The number of H-pyrrole nitrogens is 1. The van der Waals surface area contributed by atoms with Gasteiger partial charge < -0.3 is 9.88 Å². The fraction of sp³-hybridized carbons (Fsp3) is 0.348. The van der Waals surface area contributed by atoms with E-state index in [1.807, 2.05) is 17.3 Å². The number of aromatic amines is 1. The summed E-state index contributed by atoms with van der Waals surface area (Å²) >= 11 is 0. The predicted molar refractivity (Wildman–Crippen MR) is 125 cm³/mol. The van der Waals surface area contributed by atoms with E-state index in [2.05, 4.69) is 62.7 Å². The zero-order chi connectivity index (χ0) is 21.2. The number of hydrogen-bond acceptors (Lipinski definition) is 5. The summed E-state index contributed by atoms with van der Waals surface area (Å²) in [5, 5.41) is 12.3. The maximum Gasteiger partial charge on any atom is 0.224 e. The molecule has 0 saturated carbocycles. The summed E-state index contributed by atoms with van der Waals surface area (Å²) in [6, 6.07) is 10.5. The van der Waals surface area contributed by atoms with Gasteiger partial charge in [0.25, 0.3) is 0 Å². The highest BCUT2D eigenvalue weighted by Gasteiger charge is 2.28. The van der Waals surface area contributed by atoms with E-state index in [1.54, 1.807) is 11.0 Å². The molecule has 0 spiro atoms. The molecule has 1 unspecified atom stereocenters. The molecule has 0 bridgehead atoms. The highest BCUT2D eigenvalue weighted by molar-refractivity contribution is 5.99. The molecular weight excluding hydrogens is 426 g/mol. The van der Waals surface area contributed by atoms with Gasteiger partial charge in [0.1, 0.15) is 6.33 Å². The van der Waals surface area contributed by atoms with Crippen LogP contribution >= 0.6 is 12.4 Å². The first-order chi connectivity index (χ1) is 15.2. The minimum absolute atomic E-state index is 0. The van der Waals surface area contributed by atoms with Crippen molar-refractivity contribution in [1.29, 1.82) is 0 Å². The molecule has 166 valence electrons. The minimum Gasteiger partial charge on any atom is -0.357 e. The minimum atomic E-state index is 0. The lowest BCUT2D eigenvalue weighted by molar-refractivity contribution is -0.132. The smallest absolute Gasteiger partial charge is 0.224 e. The third kappa shape index (κ3) is 4.23. The predicted octanol–water partition coefficient (Wildman–Crippen LogP) is 3.74. The zero-order valence-electron chi connectivity index (χ0n) is 17.9. The Kier molecular flexibility index (Phi) is 6.50. The van der Waals surface area contributed by atoms with Gasteiger partial charge in [-0.1, -0.05) is 18.2 Å². The van der Waals surface area contributed by atoms with Crippen molar-refractivity contribution in [1.82, 2.24) is 35.1 Å². The van der Waals surface area contributed by atoms with Crippen LogP contribution in [0.15, 0.2) is 49.1 Å². The number of para-hydroxylation sites is 1. The van der Waals surface area contributed by atoms with Crippen LogP contribution in [0, 0.1) is 6.92 Å². The Balaban J connectivity index is 0.00000245. The van der Waals surface area contributed by atoms with Crippen LogP contribution in [0.2, 0.25) is 0 Å². The summed E-state index contributed by atoms with van der Waals surface area (Å²) in [6.07, 6.45) is 7.67. The molecular formula is C23H26ClN7O. The second kappa shape index (κ2) is 9.48. The number of nitrogens with zero attached hydrogens (tertiary/aromatic N) is 6. The van der Waals surface area contributed by atoms with Crippen molar-refractivity contribution in [2.45, 2.75) is 38.6 Å². The normalized spacial score (nSPS) is 16.2. The number of halogens is 1. The van der Waals surface area contributed by atoms with E-state index in [0.717, 1.165) is 31.5 Å². The first-order valence-corrected chi connectivity index (χ1v) is 10.7. The number of pyridine rings is 1. The molecule has 1 amide bonds. The van der Waals surface area contributed by atoms with Crippen LogP contribution in [0.4, 0.5) is 0 Å². The fourth-order valence-electron chi connectivity index (χ4n) is 4.61. The van der Waals surface area contributed by atoms with Crippen LogP contribution in [0.3, 0.4) is 0 Å². The van der Waals surface area contributed by atoms with E-state index in [9.17, 15) is 4.79 Å². The molecule has 0 aliphatic carbocycles. The largest absolute Gasteiger partial charge is 0.357 e. The van der Waals surface area contributed by atoms with Gasteiger partial charge in [-0.25, -0.2) is 4.68 Å². The maximum absolute atomic E-state index is 12.9. The van der Waals surface area contributed by atoms with Crippen molar-refractivity contribution in [2.24, 2.45) is 0 Å². The van der Waals surface area contributed by atoms with E-state index in [4.69, 9.17) is 0 Å². The van der Waals surface area contributed by atoms with Crippen molar-refractivity contribution >= 4 is 29.2 Å². The standard InChI is InChI=1S/C23H25N7O.ClH/c1-16-4-2-6-19-21(17-7-10-24-11-8-17)23(26-22(16)19)18-5-3-12-29(14-18)20(31)9-13-30-15-25-27-28-30;/h2,4,6-8,10-11,15,18,26H,3,5,9,12-14H2,1H3;1H. The summed E-state index contributed by atoms with van der Waals surface area (Å²) in [6.45, 7) is 4.16. The van der Waals surface area contributed by atoms with Gasteiger partial charge in [0.05, 0.1) is 6.54 Å². The second-order valence-electron chi connectivity index (χ2n) is 8.15. The molecule has 8 nitrogen and oxygen atoms in total. The highest BCUT2D eigenvalue weighted by atomic mass is 35.5. The van der Waals surface area contributed by atoms with E-state index in [0.29, 0.717) is 13.0 Å². The Labute approximate surface area is 192 Å². The monoisotopic (exact) mass is 451 g/mol. The van der Waals surface area contributed by atoms with Gasteiger partial charge >= 0.3 is 0 Å². The molecule has 1 atom stereocenters. The van der Waals surface area contributed by atoms with Crippen LogP contribution < -0.4 is 0 Å². The van der Waals surface area contributed by atoms with Crippen molar-refractivity contribution in [3.8, 4) is 11.1 Å². The summed E-state index contributed by atoms with van der Waals surface area (Å²) in [7, 11) is 0. The van der Waals surface area contributed by atoms with E-state index in [1.165, 1.54) is 27.7 Å². The lowest BCUT2D eigenvalue weighted by Gasteiger charge is -2.33. The van der Waals surface area contributed by atoms with E-state index in [-0.39, 0.29) is 24.2 Å². The molecule has 9 heteroatoms. The number of tetrazole rings is 1. The summed E-state index contributed by atoms with van der Waals surface area (Å²) in [5.41, 5.74) is 6.00. The van der Waals surface area contributed by atoms with Gasteiger partial charge in [0, 0.05) is 60.0 Å². The molecule has 1 saturated heterocycles. The third-order valence-corrected chi connectivity index (χ3v) is 6.17. The molecule has 1 N–H and O–H groups in total. The molecule has 0 radical (unpaired) electrons. The number of hydrogen-bond donors (Lipinski definition) is 1. The van der Waals surface area contributed by atoms with Gasteiger partial charge in [-0.05, 0) is 53.5 Å². The number of carbonyl (C=O) groups excluding carboxylic acids is 1. The number of aryl methyl sites for hydroxylation is 2. The Morgan fingerprint density at radius 1 is 1.22 bits per heavy atom. The average molecular weight is 452 g/mol. The maximum atomic E-state index is 12.9. The van der Waals surface area contributed by atoms with Gasteiger partial charge in [-0.3, -0.25) is 9.78 Å². The van der Waals surface area contributed by atoms with Gasteiger partial charge in [-0.15, -0.1) is 17.5 Å². The number of piperidine rings is 1. The Bertz CT molecular complexity index is 1190. The van der Waals surface area contributed by atoms with Crippen LogP contribution in [0.1, 0.15) is 36.4 Å². The molecule has 4 aromatic rings. The highest BCUT2D eigenvalue weighted by Crippen LogP contribution is 2.40. The fourth-order valence-corrected chi connectivity index (χ4v) is 4.61. The summed E-state index contributed by atoms with van der Waals surface area (Å²) in [5.74, 6) is 0.415. The number of fused-ring (bicyclic) bond motifs is 1. The number of nitrogens with one attached hydrogen (secondary N) is 1. The van der Waals surface area contributed by atoms with Gasteiger partial charge in [0.15, 0.2) is 0 Å². The topological polar surface area (TPSA) is 92.6 Å². The number of rotatable bonds is 5. The Morgan fingerprint density at radius 3 is 2.84 bits per heavy atom. The van der Waals surface area contributed by atoms with Crippen molar-refractivity contribution in [3.63, 3.8) is 0 Å².